The molecule has 6 nitrogen and oxygen atoms in total. The predicted molar refractivity (Wildman–Crippen MR) is 106 cm³/mol. The fraction of sp³-hybridized carbons (Fsp3) is 0.190. The van der Waals surface area contributed by atoms with Crippen LogP contribution < -0.4 is 5.32 Å². The van der Waals surface area contributed by atoms with Gasteiger partial charge in [0, 0.05) is 12.4 Å². The first-order valence-electron chi connectivity index (χ1n) is 9.02. The van der Waals surface area contributed by atoms with Crippen molar-refractivity contribution in [3.8, 4) is 11.5 Å². The summed E-state index contributed by atoms with van der Waals surface area (Å²) in [5.41, 5.74) is 3.44. The molecule has 2 aromatic carbocycles. The number of aromatic nitrogens is 3. The van der Waals surface area contributed by atoms with Gasteiger partial charge in [-0.1, -0.05) is 19.1 Å². The third-order valence-corrected chi connectivity index (χ3v) is 5.38. The zero-order chi connectivity index (χ0) is 19.6. The maximum atomic E-state index is 14.6. The molecule has 5 rings (SSSR count). The molecule has 0 saturated carbocycles. The highest BCUT2D eigenvalue weighted by Gasteiger charge is 2.31. The zero-order valence-electron chi connectivity index (χ0n) is 15.3. The van der Waals surface area contributed by atoms with Crippen LogP contribution in [0.2, 0.25) is 0 Å². The molecule has 1 unspecified atom stereocenters. The Morgan fingerprint density at radius 3 is 2.86 bits per heavy atom. The summed E-state index contributed by atoms with van der Waals surface area (Å²) in [6.07, 6.45) is 0.622. The number of hydrogen-bond acceptors (Lipinski definition) is 2. The Bertz CT molecular complexity index is 1340. The SMILES string of the molecule is [C-]#[N+]c1cc(F)c2c(c1)nc(-c1cc3cccc4c3n1C(CC)C(=O)N4)n2C. The number of aryl methyl sites for hydroxylation is 1. The standard InChI is InChI=1S/C21H16FN5O/c1-4-16-21(28)25-14-7-5-6-11-8-17(27(16)18(11)14)20-24-15-10-12(23-2)9-13(22)19(15)26(20)3/h5-10,16H,4H2,1,3H3,(H,25,28). The fourth-order valence-corrected chi connectivity index (χ4v) is 4.16. The molecule has 1 amide bonds. The van der Waals surface area contributed by atoms with Crippen molar-refractivity contribution in [1.29, 1.82) is 0 Å². The number of hydrogen-bond donors (Lipinski definition) is 1. The third-order valence-electron chi connectivity index (χ3n) is 5.38. The molecule has 0 fully saturated rings. The normalized spacial score (nSPS) is 15.8. The first-order chi connectivity index (χ1) is 13.5. The second-order valence-corrected chi connectivity index (χ2v) is 6.96. The number of carbonyl (C=O) groups is 1. The number of anilines is 1. The average Bonchev–Trinajstić information content (AvgIpc) is 3.21. The smallest absolute Gasteiger partial charge is 0.247 e. The predicted octanol–water partition coefficient (Wildman–Crippen LogP) is 4.79. The number of rotatable bonds is 2. The average molecular weight is 373 g/mol. The number of imidazole rings is 1. The lowest BCUT2D eigenvalue weighted by atomic mass is 10.1. The van der Waals surface area contributed by atoms with Crippen molar-refractivity contribution in [2.45, 2.75) is 19.4 Å². The third kappa shape index (κ3) is 2.06. The van der Waals surface area contributed by atoms with E-state index in [2.05, 4.69) is 15.1 Å². The zero-order valence-corrected chi connectivity index (χ0v) is 15.3. The largest absolute Gasteiger partial charge is 0.324 e. The molecule has 1 atom stereocenters. The van der Waals surface area contributed by atoms with Crippen LogP contribution in [-0.2, 0) is 11.8 Å². The van der Waals surface area contributed by atoms with Crippen molar-refractivity contribution < 1.29 is 9.18 Å². The minimum Gasteiger partial charge on any atom is -0.324 e. The molecule has 4 aromatic rings. The van der Waals surface area contributed by atoms with Crippen molar-refractivity contribution in [2.75, 3.05) is 5.32 Å². The van der Waals surface area contributed by atoms with Crippen molar-refractivity contribution in [3.63, 3.8) is 0 Å². The van der Waals surface area contributed by atoms with Gasteiger partial charge < -0.3 is 14.5 Å². The summed E-state index contributed by atoms with van der Waals surface area (Å²) in [6.45, 7) is 9.12. The highest BCUT2D eigenvalue weighted by molar-refractivity contribution is 6.08. The fourth-order valence-electron chi connectivity index (χ4n) is 4.16. The Hall–Kier alpha value is -3.66. The molecular formula is C21H16FN5O. The van der Waals surface area contributed by atoms with Gasteiger partial charge >= 0.3 is 0 Å². The summed E-state index contributed by atoms with van der Waals surface area (Å²) in [6, 6.07) is 10.2. The summed E-state index contributed by atoms with van der Waals surface area (Å²) < 4.78 is 18.3. The van der Waals surface area contributed by atoms with E-state index >= 15 is 0 Å². The van der Waals surface area contributed by atoms with Crippen LogP contribution in [0.15, 0.2) is 36.4 Å². The molecule has 1 aliphatic rings. The van der Waals surface area contributed by atoms with Crippen LogP contribution in [-0.4, -0.2) is 20.0 Å². The molecule has 0 spiro atoms. The van der Waals surface area contributed by atoms with Gasteiger partial charge in [0.1, 0.15) is 17.4 Å². The van der Waals surface area contributed by atoms with E-state index in [1.807, 2.05) is 35.8 Å². The Kier molecular flexibility index (Phi) is 3.34. The molecule has 0 bridgehead atoms. The van der Waals surface area contributed by atoms with E-state index in [1.54, 1.807) is 17.7 Å². The minimum atomic E-state index is -0.482. The quantitative estimate of drug-likeness (QED) is 0.514. The lowest BCUT2D eigenvalue weighted by molar-refractivity contribution is -0.119. The molecule has 0 saturated heterocycles. The number of amides is 1. The van der Waals surface area contributed by atoms with Crippen LogP contribution in [0.3, 0.4) is 0 Å². The van der Waals surface area contributed by atoms with Crippen molar-refractivity contribution in [1.82, 2.24) is 14.1 Å². The first-order valence-corrected chi connectivity index (χ1v) is 9.02. The van der Waals surface area contributed by atoms with Gasteiger partial charge in [-0.25, -0.2) is 14.2 Å². The number of para-hydroxylation sites is 1. The van der Waals surface area contributed by atoms with Crippen molar-refractivity contribution >= 4 is 39.2 Å². The molecule has 7 heteroatoms. The van der Waals surface area contributed by atoms with E-state index < -0.39 is 5.82 Å². The van der Waals surface area contributed by atoms with Gasteiger partial charge in [0.15, 0.2) is 11.5 Å². The topological polar surface area (TPSA) is 56.2 Å². The highest BCUT2D eigenvalue weighted by Crippen LogP contribution is 2.40. The lowest BCUT2D eigenvalue weighted by Gasteiger charge is -2.26. The summed E-state index contributed by atoms with van der Waals surface area (Å²) >= 11 is 0. The van der Waals surface area contributed by atoms with E-state index in [9.17, 15) is 9.18 Å². The van der Waals surface area contributed by atoms with Crippen molar-refractivity contribution in [2.24, 2.45) is 7.05 Å². The molecule has 3 heterocycles. The molecule has 2 aromatic heterocycles. The number of nitrogens with zero attached hydrogens (tertiary/aromatic N) is 4. The second kappa shape index (κ2) is 5.67. The highest BCUT2D eigenvalue weighted by atomic mass is 19.1. The van der Waals surface area contributed by atoms with Crippen LogP contribution in [0.1, 0.15) is 19.4 Å². The van der Waals surface area contributed by atoms with Gasteiger partial charge in [-0.2, -0.15) is 0 Å². The lowest BCUT2D eigenvalue weighted by Crippen LogP contribution is -2.30. The molecule has 0 radical (unpaired) electrons. The van der Waals surface area contributed by atoms with Gasteiger partial charge in [0.2, 0.25) is 5.91 Å². The first kappa shape index (κ1) is 16.5. The van der Waals surface area contributed by atoms with Crippen LogP contribution >= 0.6 is 0 Å². The summed E-state index contributed by atoms with van der Waals surface area (Å²) in [5, 5.41) is 3.96. The van der Waals surface area contributed by atoms with Crippen molar-refractivity contribution in [3.05, 3.63) is 53.6 Å². The van der Waals surface area contributed by atoms with Gasteiger partial charge in [0.05, 0.1) is 29.0 Å². The number of benzene rings is 2. The Balaban J connectivity index is 1.87. The van der Waals surface area contributed by atoms with E-state index in [1.165, 1.54) is 6.07 Å². The molecule has 1 aliphatic heterocycles. The summed E-state index contributed by atoms with van der Waals surface area (Å²) in [5.74, 6) is 0.0106. The Morgan fingerprint density at radius 2 is 2.11 bits per heavy atom. The molecule has 0 aliphatic carbocycles. The number of nitrogens with one attached hydrogen (secondary N) is 1. The van der Waals surface area contributed by atoms with Crippen LogP contribution in [0.25, 0.3) is 38.3 Å². The number of halogens is 1. The van der Waals surface area contributed by atoms with Crippen LogP contribution in [0.5, 0.6) is 0 Å². The van der Waals surface area contributed by atoms with Crippen LogP contribution in [0, 0.1) is 12.4 Å². The van der Waals surface area contributed by atoms with E-state index in [4.69, 9.17) is 6.57 Å². The van der Waals surface area contributed by atoms with E-state index in [0.717, 1.165) is 22.3 Å². The Labute approximate surface area is 160 Å². The molecule has 138 valence electrons. The van der Waals surface area contributed by atoms with Gasteiger partial charge in [-0.05, 0) is 30.7 Å². The molecule has 28 heavy (non-hydrogen) atoms. The monoisotopic (exact) mass is 373 g/mol. The van der Waals surface area contributed by atoms with E-state index in [-0.39, 0.29) is 17.6 Å². The Morgan fingerprint density at radius 1 is 1.29 bits per heavy atom. The minimum absolute atomic E-state index is 0.0693. The molecular weight excluding hydrogens is 357 g/mol. The summed E-state index contributed by atoms with van der Waals surface area (Å²) in [7, 11) is 1.75. The maximum absolute atomic E-state index is 14.6. The number of carbonyl (C=O) groups excluding carboxylic acids is 1. The summed E-state index contributed by atoms with van der Waals surface area (Å²) in [4.78, 5) is 20.6. The second-order valence-electron chi connectivity index (χ2n) is 6.96. The van der Waals surface area contributed by atoms with E-state index in [0.29, 0.717) is 23.3 Å². The van der Waals surface area contributed by atoms with Gasteiger partial charge in [-0.15, -0.1) is 0 Å². The molecule has 1 N–H and O–H groups in total. The van der Waals surface area contributed by atoms with Gasteiger partial charge in [-0.3, -0.25) is 4.79 Å². The maximum Gasteiger partial charge on any atom is 0.247 e. The van der Waals surface area contributed by atoms with Crippen LogP contribution in [0.4, 0.5) is 15.8 Å². The number of fused-ring (bicyclic) bond motifs is 1. The van der Waals surface area contributed by atoms with Gasteiger partial charge in [0.25, 0.3) is 0 Å².